The van der Waals surface area contributed by atoms with E-state index in [0.29, 0.717) is 16.4 Å². The maximum absolute atomic E-state index is 13.0. The molecule has 30 heavy (non-hydrogen) atoms. The van der Waals surface area contributed by atoms with Gasteiger partial charge in [0, 0.05) is 17.5 Å². The monoisotopic (exact) mass is 438 g/mol. The van der Waals surface area contributed by atoms with Gasteiger partial charge in [0.1, 0.15) is 5.69 Å². The molecule has 6 nitrogen and oxygen atoms in total. The summed E-state index contributed by atoms with van der Waals surface area (Å²) in [7, 11) is 0. The van der Waals surface area contributed by atoms with Gasteiger partial charge in [-0.3, -0.25) is 0 Å². The van der Waals surface area contributed by atoms with E-state index < -0.39 is 6.04 Å². The van der Waals surface area contributed by atoms with E-state index >= 15 is 0 Å². The second-order valence-corrected chi connectivity index (χ2v) is 8.57. The maximum atomic E-state index is 13.0. The average Bonchev–Trinajstić information content (AvgIpc) is 3.37. The first-order valence-electron chi connectivity index (χ1n) is 9.62. The summed E-state index contributed by atoms with van der Waals surface area (Å²) in [5.41, 5.74) is 3.78. The second kappa shape index (κ2) is 8.41. The van der Waals surface area contributed by atoms with Crippen molar-refractivity contribution in [2.75, 3.05) is 0 Å². The molecular formula is C22H22N4O2S2. The van der Waals surface area contributed by atoms with Crippen molar-refractivity contribution in [2.45, 2.75) is 32.9 Å². The van der Waals surface area contributed by atoms with E-state index in [1.54, 1.807) is 11.3 Å². The van der Waals surface area contributed by atoms with Gasteiger partial charge >= 0.3 is 5.97 Å². The Hall–Kier alpha value is -2.97. The molecule has 4 rings (SSSR count). The van der Waals surface area contributed by atoms with Gasteiger partial charge < -0.3 is 15.4 Å². The summed E-state index contributed by atoms with van der Waals surface area (Å²) in [5, 5.41) is 13.6. The molecule has 0 saturated heterocycles. The van der Waals surface area contributed by atoms with Crippen LogP contribution in [-0.2, 0) is 9.53 Å². The van der Waals surface area contributed by atoms with E-state index in [2.05, 4.69) is 10.6 Å². The lowest BCUT2D eigenvalue weighted by atomic mass is 9.95. The molecule has 0 fully saturated rings. The number of allylic oxidation sites excluding steroid dienone is 1. The number of carbonyl (C=O) groups excluding carboxylic acids is 1. The van der Waals surface area contributed by atoms with Crippen molar-refractivity contribution >= 4 is 34.6 Å². The Balaban J connectivity index is 1.86. The van der Waals surface area contributed by atoms with E-state index in [-0.39, 0.29) is 12.1 Å². The lowest BCUT2D eigenvalue weighted by molar-refractivity contribution is -0.143. The molecule has 0 amide bonds. The maximum Gasteiger partial charge on any atom is 0.338 e. The molecular weight excluding hydrogens is 416 g/mol. The number of carbonyl (C=O) groups is 1. The molecule has 2 N–H and O–H groups in total. The SMILES string of the molecule is CC1=C(C(=O)OC(C)C)C(c2cn(-c3ccccc3)nc2-c2cccs2)NC(=S)N1. The van der Waals surface area contributed by atoms with Crippen molar-refractivity contribution in [1.29, 1.82) is 0 Å². The molecule has 1 unspecified atom stereocenters. The fourth-order valence-electron chi connectivity index (χ4n) is 3.39. The third-order valence-corrected chi connectivity index (χ3v) is 5.76. The zero-order valence-corrected chi connectivity index (χ0v) is 18.5. The molecule has 154 valence electrons. The number of rotatable bonds is 5. The summed E-state index contributed by atoms with van der Waals surface area (Å²) in [4.78, 5) is 14.0. The Morgan fingerprint density at radius 2 is 2.00 bits per heavy atom. The number of hydrogen-bond donors (Lipinski definition) is 2. The van der Waals surface area contributed by atoms with E-state index in [1.807, 2.05) is 79.5 Å². The number of nitrogens with zero attached hydrogens (tertiary/aromatic N) is 2. The Morgan fingerprint density at radius 1 is 1.23 bits per heavy atom. The van der Waals surface area contributed by atoms with Crippen LogP contribution in [0.2, 0.25) is 0 Å². The summed E-state index contributed by atoms with van der Waals surface area (Å²) in [5.74, 6) is -0.375. The van der Waals surface area contributed by atoms with E-state index in [1.165, 1.54) is 0 Å². The summed E-state index contributed by atoms with van der Waals surface area (Å²) in [6, 6.07) is 13.4. The highest BCUT2D eigenvalue weighted by molar-refractivity contribution is 7.80. The predicted molar refractivity (Wildman–Crippen MR) is 122 cm³/mol. The molecule has 1 aliphatic rings. The minimum absolute atomic E-state index is 0.226. The van der Waals surface area contributed by atoms with Gasteiger partial charge in [-0.2, -0.15) is 5.10 Å². The molecule has 1 atom stereocenters. The minimum atomic E-state index is -0.473. The zero-order chi connectivity index (χ0) is 21.3. The minimum Gasteiger partial charge on any atom is -0.459 e. The molecule has 0 saturated carbocycles. The third-order valence-electron chi connectivity index (χ3n) is 4.66. The van der Waals surface area contributed by atoms with E-state index in [0.717, 1.165) is 21.8 Å². The first kappa shape index (κ1) is 20.3. The molecule has 3 aromatic rings. The Morgan fingerprint density at radius 3 is 2.67 bits per heavy atom. The van der Waals surface area contributed by atoms with Gasteiger partial charge in [-0.25, -0.2) is 9.48 Å². The van der Waals surface area contributed by atoms with Crippen LogP contribution in [0.1, 0.15) is 32.4 Å². The standard InChI is InChI=1S/C22H22N4O2S2/c1-13(2)28-21(27)18-14(3)23-22(29)24-20(18)16-12-26(15-8-5-4-6-9-15)25-19(16)17-10-7-11-30-17/h4-13,20H,1-3H3,(H2,23,24,29). The molecule has 0 radical (unpaired) electrons. The van der Waals surface area contributed by atoms with Gasteiger partial charge in [0.05, 0.1) is 28.3 Å². The van der Waals surface area contributed by atoms with Crippen LogP contribution in [-0.4, -0.2) is 27.0 Å². The Bertz CT molecular complexity index is 1100. The first-order valence-corrected chi connectivity index (χ1v) is 10.9. The van der Waals surface area contributed by atoms with Gasteiger partial charge in [-0.15, -0.1) is 11.3 Å². The number of para-hydroxylation sites is 1. The topological polar surface area (TPSA) is 68.2 Å². The number of ether oxygens (including phenoxy) is 1. The van der Waals surface area contributed by atoms with E-state index in [9.17, 15) is 4.79 Å². The van der Waals surface area contributed by atoms with Crippen molar-refractivity contribution < 1.29 is 9.53 Å². The molecule has 0 spiro atoms. The fourth-order valence-corrected chi connectivity index (χ4v) is 4.39. The van der Waals surface area contributed by atoms with Gasteiger partial charge in [0.15, 0.2) is 5.11 Å². The lowest BCUT2D eigenvalue weighted by Gasteiger charge is -2.30. The van der Waals surface area contributed by atoms with Crippen LogP contribution < -0.4 is 10.6 Å². The highest BCUT2D eigenvalue weighted by atomic mass is 32.1. The highest BCUT2D eigenvalue weighted by Crippen LogP contribution is 2.36. The Kier molecular flexibility index (Phi) is 5.69. The number of thiocarbonyl (C=S) groups is 1. The van der Waals surface area contributed by atoms with Crippen LogP contribution in [0.4, 0.5) is 0 Å². The fraction of sp³-hybridized carbons (Fsp3) is 0.227. The number of thiophene rings is 1. The largest absolute Gasteiger partial charge is 0.459 e. The average molecular weight is 439 g/mol. The quantitative estimate of drug-likeness (QED) is 0.456. The van der Waals surface area contributed by atoms with Crippen molar-refractivity contribution in [3.05, 3.63) is 70.9 Å². The molecule has 3 heterocycles. The normalized spacial score (nSPS) is 16.4. The van der Waals surface area contributed by atoms with Crippen molar-refractivity contribution in [3.8, 4) is 16.3 Å². The molecule has 0 aliphatic carbocycles. The van der Waals surface area contributed by atoms with Gasteiger partial charge in [0.2, 0.25) is 0 Å². The van der Waals surface area contributed by atoms with Gasteiger partial charge in [0.25, 0.3) is 0 Å². The molecule has 2 aromatic heterocycles. The zero-order valence-electron chi connectivity index (χ0n) is 16.9. The van der Waals surface area contributed by atoms with Crippen molar-refractivity contribution in [1.82, 2.24) is 20.4 Å². The van der Waals surface area contributed by atoms with Crippen molar-refractivity contribution in [2.24, 2.45) is 0 Å². The molecule has 0 bridgehead atoms. The number of aromatic nitrogens is 2. The van der Waals surface area contributed by atoms with Crippen LogP contribution in [0, 0.1) is 0 Å². The highest BCUT2D eigenvalue weighted by Gasteiger charge is 2.34. The summed E-state index contributed by atoms with van der Waals surface area (Å²) in [6.45, 7) is 5.51. The molecule has 1 aromatic carbocycles. The second-order valence-electron chi connectivity index (χ2n) is 7.21. The predicted octanol–water partition coefficient (Wildman–Crippen LogP) is 4.35. The van der Waals surface area contributed by atoms with Crippen LogP contribution in [0.15, 0.2) is 65.3 Å². The summed E-state index contributed by atoms with van der Waals surface area (Å²) in [6.07, 6.45) is 1.72. The number of hydrogen-bond acceptors (Lipinski definition) is 5. The molecule has 1 aliphatic heterocycles. The number of esters is 1. The number of nitrogens with one attached hydrogen (secondary N) is 2. The van der Waals surface area contributed by atoms with Crippen LogP contribution in [0.3, 0.4) is 0 Å². The van der Waals surface area contributed by atoms with Gasteiger partial charge in [-0.05, 0) is 56.6 Å². The van der Waals surface area contributed by atoms with Crippen molar-refractivity contribution in [3.63, 3.8) is 0 Å². The third kappa shape index (κ3) is 4.01. The molecule has 8 heteroatoms. The van der Waals surface area contributed by atoms with Gasteiger partial charge in [-0.1, -0.05) is 24.3 Å². The number of benzene rings is 1. The smallest absolute Gasteiger partial charge is 0.338 e. The first-order chi connectivity index (χ1) is 14.4. The summed E-state index contributed by atoms with van der Waals surface area (Å²) < 4.78 is 7.36. The van der Waals surface area contributed by atoms with Crippen LogP contribution in [0.5, 0.6) is 0 Å². The lowest BCUT2D eigenvalue weighted by Crippen LogP contribution is -2.45. The Labute approximate surface area is 184 Å². The van der Waals surface area contributed by atoms with Crippen LogP contribution >= 0.6 is 23.6 Å². The van der Waals surface area contributed by atoms with Crippen LogP contribution in [0.25, 0.3) is 16.3 Å². The summed E-state index contributed by atoms with van der Waals surface area (Å²) >= 11 is 7.00. The van der Waals surface area contributed by atoms with E-state index in [4.69, 9.17) is 22.1 Å².